The maximum absolute atomic E-state index is 10.7. The van der Waals surface area contributed by atoms with E-state index in [-0.39, 0.29) is 5.69 Å². The number of hydrogen-bond donors (Lipinski definition) is 3. The molecule has 2 amide bonds. The highest BCUT2D eigenvalue weighted by Gasteiger charge is 2.09. The molecule has 0 bridgehead atoms. The molecule has 0 aliphatic carbocycles. The number of rotatable bonds is 6. The first-order valence-corrected chi connectivity index (χ1v) is 5.13. The minimum absolute atomic E-state index is 0.0697. The maximum atomic E-state index is 10.7. The van der Waals surface area contributed by atoms with Crippen molar-refractivity contribution in [1.82, 2.24) is 5.32 Å². The van der Waals surface area contributed by atoms with Gasteiger partial charge in [0, 0.05) is 30.9 Å². The molecule has 98 valence electrons. The second-order valence-electron chi connectivity index (χ2n) is 3.39. The Bertz CT molecular complexity index is 450. The summed E-state index contributed by atoms with van der Waals surface area (Å²) < 4.78 is 4.96. The van der Waals surface area contributed by atoms with Crippen LogP contribution in [0, 0.1) is 10.1 Å². The second-order valence-corrected chi connectivity index (χ2v) is 3.39. The van der Waals surface area contributed by atoms with E-state index >= 15 is 0 Å². The van der Waals surface area contributed by atoms with Crippen LogP contribution < -0.4 is 21.1 Å². The van der Waals surface area contributed by atoms with Crippen molar-refractivity contribution in [1.29, 1.82) is 0 Å². The lowest BCUT2D eigenvalue weighted by molar-refractivity contribution is -0.384. The van der Waals surface area contributed by atoms with Crippen molar-refractivity contribution in [2.24, 2.45) is 5.73 Å². The molecule has 0 saturated heterocycles. The first-order valence-electron chi connectivity index (χ1n) is 5.13. The number of ether oxygens (including phenoxy) is 1. The number of nitrogens with two attached hydrogens (primary N) is 1. The van der Waals surface area contributed by atoms with Gasteiger partial charge in [0.2, 0.25) is 0 Å². The summed E-state index contributed by atoms with van der Waals surface area (Å²) >= 11 is 0. The molecule has 0 aromatic heterocycles. The second kappa shape index (κ2) is 6.28. The van der Waals surface area contributed by atoms with Gasteiger partial charge < -0.3 is 21.1 Å². The Hall–Kier alpha value is -2.51. The van der Waals surface area contributed by atoms with Gasteiger partial charge in [0.15, 0.2) is 0 Å². The highest BCUT2D eigenvalue weighted by Crippen LogP contribution is 2.25. The summed E-state index contributed by atoms with van der Waals surface area (Å²) in [6.07, 6.45) is 0. The number of primary amides is 1. The highest BCUT2D eigenvalue weighted by molar-refractivity contribution is 5.71. The van der Waals surface area contributed by atoms with Crippen molar-refractivity contribution in [3.63, 3.8) is 0 Å². The van der Waals surface area contributed by atoms with Gasteiger partial charge in [-0.15, -0.1) is 0 Å². The van der Waals surface area contributed by atoms with E-state index in [9.17, 15) is 14.9 Å². The van der Waals surface area contributed by atoms with Crippen LogP contribution in [0.1, 0.15) is 0 Å². The van der Waals surface area contributed by atoms with E-state index in [0.717, 1.165) is 0 Å². The van der Waals surface area contributed by atoms with E-state index in [1.54, 1.807) is 6.07 Å². The van der Waals surface area contributed by atoms with E-state index in [1.807, 2.05) is 0 Å². The van der Waals surface area contributed by atoms with Gasteiger partial charge in [-0.2, -0.15) is 0 Å². The summed E-state index contributed by atoms with van der Waals surface area (Å²) in [5, 5.41) is 16.0. The highest BCUT2D eigenvalue weighted by atomic mass is 16.6. The molecule has 0 fully saturated rings. The van der Waals surface area contributed by atoms with Gasteiger partial charge in [0.1, 0.15) is 5.75 Å². The van der Waals surface area contributed by atoms with Crippen LogP contribution in [0.4, 0.5) is 16.2 Å². The molecule has 0 saturated carbocycles. The molecule has 1 aromatic carbocycles. The fourth-order valence-electron chi connectivity index (χ4n) is 1.30. The molecule has 0 spiro atoms. The zero-order chi connectivity index (χ0) is 13.5. The SMILES string of the molecule is COc1cc(NCCNC(N)=O)cc([N+](=O)[O-])c1. The number of carbonyl (C=O) groups is 1. The first-order chi connectivity index (χ1) is 8.52. The van der Waals surface area contributed by atoms with Gasteiger partial charge in [-0.25, -0.2) is 4.79 Å². The fraction of sp³-hybridized carbons (Fsp3) is 0.300. The number of non-ortho nitro benzene ring substituents is 1. The Morgan fingerprint density at radius 2 is 2.17 bits per heavy atom. The van der Waals surface area contributed by atoms with Crippen LogP contribution in [0.2, 0.25) is 0 Å². The van der Waals surface area contributed by atoms with Crippen molar-refractivity contribution < 1.29 is 14.5 Å². The Morgan fingerprint density at radius 1 is 1.44 bits per heavy atom. The molecular formula is C10H14N4O4. The molecule has 0 aliphatic rings. The van der Waals surface area contributed by atoms with Crippen molar-refractivity contribution >= 4 is 17.4 Å². The molecule has 18 heavy (non-hydrogen) atoms. The monoisotopic (exact) mass is 254 g/mol. The lowest BCUT2D eigenvalue weighted by Gasteiger charge is -2.08. The molecule has 4 N–H and O–H groups in total. The maximum Gasteiger partial charge on any atom is 0.312 e. The number of nitrogens with zero attached hydrogens (tertiary/aromatic N) is 1. The smallest absolute Gasteiger partial charge is 0.312 e. The van der Waals surface area contributed by atoms with Crippen molar-refractivity contribution in [2.75, 3.05) is 25.5 Å². The van der Waals surface area contributed by atoms with Crippen LogP contribution in [0.25, 0.3) is 0 Å². The number of benzene rings is 1. The molecule has 8 heteroatoms. The summed E-state index contributed by atoms with van der Waals surface area (Å²) in [7, 11) is 1.43. The van der Waals surface area contributed by atoms with E-state index in [0.29, 0.717) is 24.5 Å². The zero-order valence-corrected chi connectivity index (χ0v) is 9.80. The predicted octanol–water partition coefficient (Wildman–Crippen LogP) is 0.684. The quantitative estimate of drug-likeness (QED) is 0.392. The molecule has 0 atom stereocenters. The summed E-state index contributed by atoms with van der Waals surface area (Å²) in [6, 6.07) is 3.71. The van der Waals surface area contributed by atoms with E-state index < -0.39 is 11.0 Å². The van der Waals surface area contributed by atoms with Crippen LogP contribution in [0.5, 0.6) is 5.75 Å². The van der Waals surface area contributed by atoms with Crippen LogP contribution in [0.15, 0.2) is 18.2 Å². The predicted molar refractivity (Wildman–Crippen MR) is 65.7 cm³/mol. The molecule has 0 unspecified atom stereocenters. The Kier molecular flexibility index (Phi) is 4.73. The Balaban J connectivity index is 2.66. The van der Waals surface area contributed by atoms with Gasteiger partial charge in [0.25, 0.3) is 5.69 Å². The number of urea groups is 1. The number of anilines is 1. The third-order valence-electron chi connectivity index (χ3n) is 2.09. The summed E-state index contributed by atoms with van der Waals surface area (Å²) in [6.45, 7) is 0.716. The third-order valence-corrected chi connectivity index (χ3v) is 2.09. The van der Waals surface area contributed by atoms with Gasteiger partial charge in [-0.05, 0) is 0 Å². The summed E-state index contributed by atoms with van der Waals surface area (Å²) in [4.78, 5) is 20.6. The number of methoxy groups -OCH3 is 1. The average Bonchev–Trinajstić information content (AvgIpc) is 2.34. The lowest BCUT2D eigenvalue weighted by atomic mass is 10.2. The Morgan fingerprint density at radius 3 is 2.72 bits per heavy atom. The van der Waals surface area contributed by atoms with Crippen molar-refractivity contribution in [3.05, 3.63) is 28.3 Å². The molecule has 1 aromatic rings. The molecule has 1 rings (SSSR count). The van der Waals surface area contributed by atoms with Crippen LogP contribution >= 0.6 is 0 Å². The Labute approximate surface area is 103 Å². The lowest BCUT2D eigenvalue weighted by Crippen LogP contribution is -2.33. The summed E-state index contributed by atoms with van der Waals surface area (Å²) in [5.74, 6) is 0.384. The minimum atomic E-state index is -0.617. The normalized spacial score (nSPS) is 9.61. The molecule has 0 aliphatic heterocycles. The number of nitro groups is 1. The molecule has 8 nitrogen and oxygen atoms in total. The number of carbonyl (C=O) groups excluding carboxylic acids is 1. The van der Waals surface area contributed by atoms with Crippen molar-refractivity contribution in [3.8, 4) is 5.75 Å². The average molecular weight is 254 g/mol. The number of nitro benzene ring substituents is 1. The topological polar surface area (TPSA) is 120 Å². The zero-order valence-electron chi connectivity index (χ0n) is 9.80. The molecule has 0 radical (unpaired) electrons. The number of nitrogens with one attached hydrogen (secondary N) is 2. The van der Waals surface area contributed by atoms with E-state index in [1.165, 1.54) is 19.2 Å². The molecular weight excluding hydrogens is 240 g/mol. The summed E-state index contributed by atoms with van der Waals surface area (Å²) in [5.41, 5.74) is 5.36. The molecule has 0 heterocycles. The van der Waals surface area contributed by atoms with Crippen LogP contribution in [-0.4, -0.2) is 31.2 Å². The first kappa shape index (κ1) is 13.6. The van der Waals surface area contributed by atoms with Crippen molar-refractivity contribution in [2.45, 2.75) is 0 Å². The van der Waals surface area contributed by atoms with Gasteiger partial charge in [-0.3, -0.25) is 10.1 Å². The largest absolute Gasteiger partial charge is 0.496 e. The van der Waals surface area contributed by atoms with E-state index in [4.69, 9.17) is 10.5 Å². The van der Waals surface area contributed by atoms with Gasteiger partial charge in [-0.1, -0.05) is 0 Å². The van der Waals surface area contributed by atoms with Gasteiger partial charge >= 0.3 is 6.03 Å². The van der Waals surface area contributed by atoms with Gasteiger partial charge in [0.05, 0.1) is 18.1 Å². The standard InChI is InChI=1S/C10H14N4O4/c1-18-9-5-7(4-8(6-9)14(16)17)12-2-3-13-10(11)15/h4-6,12H,2-3H2,1H3,(H3,11,13,15). The third kappa shape index (κ3) is 4.16. The van der Waals surface area contributed by atoms with Crippen LogP contribution in [0.3, 0.4) is 0 Å². The minimum Gasteiger partial charge on any atom is -0.496 e. The van der Waals surface area contributed by atoms with Crippen LogP contribution in [-0.2, 0) is 0 Å². The number of amides is 2. The van der Waals surface area contributed by atoms with E-state index in [2.05, 4.69) is 10.6 Å². The fourth-order valence-corrected chi connectivity index (χ4v) is 1.30. The number of hydrogen-bond acceptors (Lipinski definition) is 5.